The SMILES string of the molecule is CC(C)NC(COc1ccccc1C(C)(C)C)C(=O)O. The van der Waals surface area contributed by atoms with Crippen molar-refractivity contribution < 1.29 is 14.6 Å². The van der Waals surface area contributed by atoms with E-state index >= 15 is 0 Å². The molecule has 0 bridgehead atoms. The molecule has 0 radical (unpaired) electrons. The Labute approximate surface area is 121 Å². The maximum absolute atomic E-state index is 11.2. The second kappa shape index (κ2) is 6.75. The Morgan fingerprint density at radius 2 is 1.90 bits per heavy atom. The third-order valence-electron chi connectivity index (χ3n) is 2.93. The van der Waals surface area contributed by atoms with Gasteiger partial charge in [0.2, 0.25) is 0 Å². The van der Waals surface area contributed by atoms with E-state index in [4.69, 9.17) is 4.74 Å². The fourth-order valence-corrected chi connectivity index (χ4v) is 1.98. The van der Waals surface area contributed by atoms with E-state index in [0.29, 0.717) is 0 Å². The highest BCUT2D eigenvalue weighted by atomic mass is 16.5. The van der Waals surface area contributed by atoms with Gasteiger partial charge < -0.3 is 9.84 Å². The summed E-state index contributed by atoms with van der Waals surface area (Å²) in [5, 5.41) is 12.2. The Morgan fingerprint density at radius 1 is 1.30 bits per heavy atom. The molecule has 1 aromatic carbocycles. The van der Waals surface area contributed by atoms with Crippen molar-refractivity contribution in [1.82, 2.24) is 5.32 Å². The van der Waals surface area contributed by atoms with Gasteiger partial charge in [-0.05, 0) is 17.0 Å². The number of benzene rings is 1. The maximum Gasteiger partial charge on any atom is 0.324 e. The molecule has 1 unspecified atom stereocenters. The molecule has 0 heterocycles. The van der Waals surface area contributed by atoms with Crippen molar-refractivity contribution in [2.24, 2.45) is 0 Å². The second-order valence-corrected chi connectivity index (χ2v) is 6.27. The van der Waals surface area contributed by atoms with E-state index < -0.39 is 12.0 Å². The lowest BCUT2D eigenvalue weighted by atomic mass is 9.86. The first-order valence-corrected chi connectivity index (χ1v) is 6.93. The molecule has 0 fully saturated rings. The van der Waals surface area contributed by atoms with E-state index in [0.717, 1.165) is 11.3 Å². The van der Waals surface area contributed by atoms with Crippen LogP contribution in [0.15, 0.2) is 24.3 Å². The number of aliphatic carboxylic acids is 1. The Hall–Kier alpha value is -1.55. The van der Waals surface area contributed by atoms with Gasteiger partial charge in [0.1, 0.15) is 18.4 Å². The fraction of sp³-hybridized carbons (Fsp3) is 0.562. The van der Waals surface area contributed by atoms with Crippen molar-refractivity contribution >= 4 is 5.97 Å². The minimum absolute atomic E-state index is 0.0409. The molecule has 0 spiro atoms. The van der Waals surface area contributed by atoms with Crippen LogP contribution in [-0.4, -0.2) is 29.8 Å². The molecule has 20 heavy (non-hydrogen) atoms. The van der Waals surface area contributed by atoms with Crippen molar-refractivity contribution in [3.8, 4) is 5.75 Å². The Morgan fingerprint density at radius 3 is 2.40 bits per heavy atom. The molecule has 0 aliphatic rings. The topological polar surface area (TPSA) is 58.6 Å². The van der Waals surface area contributed by atoms with E-state index in [1.165, 1.54) is 0 Å². The molecule has 0 amide bonds. The van der Waals surface area contributed by atoms with Crippen LogP contribution in [0.25, 0.3) is 0 Å². The number of carbonyl (C=O) groups is 1. The van der Waals surface area contributed by atoms with Crippen LogP contribution in [0.2, 0.25) is 0 Å². The van der Waals surface area contributed by atoms with E-state index in [9.17, 15) is 9.90 Å². The molecule has 0 aliphatic heterocycles. The standard InChI is InChI=1S/C16H25NO3/c1-11(2)17-13(15(18)19)10-20-14-9-7-6-8-12(14)16(3,4)5/h6-9,11,13,17H,10H2,1-5H3,(H,18,19). The number of nitrogens with one attached hydrogen (secondary N) is 1. The van der Waals surface area contributed by atoms with Crippen LogP contribution in [0.4, 0.5) is 0 Å². The molecule has 4 heteroatoms. The molecular formula is C16H25NO3. The summed E-state index contributed by atoms with van der Waals surface area (Å²) >= 11 is 0. The highest BCUT2D eigenvalue weighted by Crippen LogP contribution is 2.30. The lowest BCUT2D eigenvalue weighted by Gasteiger charge is -2.24. The Kier molecular flexibility index (Phi) is 5.57. The zero-order chi connectivity index (χ0) is 15.3. The molecule has 2 N–H and O–H groups in total. The first kappa shape index (κ1) is 16.5. The summed E-state index contributed by atoms with van der Waals surface area (Å²) in [6.45, 7) is 10.3. The van der Waals surface area contributed by atoms with E-state index in [2.05, 4.69) is 26.1 Å². The summed E-state index contributed by atoms with van der Waals surface area (Å²) < 4.78 is 5.74. The quantitative estimate of drug-likeness (QED) is 0.840. The van der Waals surface area contributed by atoms with E-state index in [1.54, 1.807) is 0 Å². The van der Waals surface area contributed by atoms with Crippen molar-refractivity contribution in [1.29, 1.82) is 0 Å². The van der Waals surface area contributed by atoms with Gasteiger partial charge in [-0.25, -0.2) is 0 Å². The molecule has 1 aromatic rings. The second-order valence-electron chi connectivity index (χ2n) is 6.27. The summed E-state index contributed by atoms with van der Waals surface area (Å²) in [4.78, 5) is 11.2. The average molecular weight is 279 g/mol. The molecule has 0 saturated carbocycles. The summed E-state index contributed by atoms with van der Waals surface area (Å²) in [5.41, 5.74) is 1.04. The molecule has 4 nitrogen and oxygen atoms in total. The number of carboxylic acids is 1. The molecule has 1 rings (SSSR count). The Bertz CT molecular complexity index is 449. The zero-order valence-corrected chi connectivity index (χ0v) is 12.9. The third-order valence-corrected chi connectivity index (χ3v) is 2.93. The van der Waals surface area contributed by atoms with Gasteiger partial charge in [0, 0.05) is 6.04 Å². The van der Waals surface area contributed by atoms with Crippen LogP contribution in [0, 0.1) is 0 Å². The van der Waals surface area contributed by atoms with Crippen molar-refractivity contribution in [3.63, 3.8) is 0 Å². The molecule has 0 saturated heterocycles. The van der Waals surface area contributed by atoms with Gasteiger partial charge in [-0.3, -0.25) is 10.1 Å². The number of carboxylic acid groups (broad SMARTS) is 1. The van der Waals surface area contributed by atoms with Gasteiger partial charge >= 0.3 is 5.97 Å². The van der Waals surface area contributed by atoms with Crippen LogP contribution < -0.4 is 10.1 Å². The fourth-order valence-electron chi connectivity index (χ4n) is 1.98. The lowest BCUT2D eigenvalue weighted by molar-refractivity contribution is -0.140. The van der Waals surface area contributed by atoms with Crippen molar-refractivity contribution in [3.05, 3.63) is 29.8 Å². The first-order valence-electron chi connectivity index (χ1n) is 6.93. The number of rotatable bonds is 6. The lowest BCUT2D eigenvalue weighted by Crippen LogP contribution is -2.45. The van der Waals surface area contributed by atoms with Crippen molar-refractivity contribution in [2.45, 2.75) is 52.1 Å². The number of para-hydroxylation sites is 1. The van der Waals surface area contributed by atoms with Crippen LogP contribution in [0.5, 0.6) is 5.75 Å². The highest BCUT2D eigenvalue weighted by Gasteiger charge is 2.22. The van der Waals surface area contributed by atoms with Gasteiger partial charge in [-0.15, -0.1) is 0 Å². The normalized spacial score (nSPS) is 13.3. The van der Waals surface area contributed by atoms with Crippen LogP contribution >= 0.6 is 0 Å². The summed E-state index contributed by atoms with van der Waals surface area (Å²) in [6.07, 6.45) is 0. The first-order chi connectivity index (χ1) is 9.21. The van der Waals surface area contributed by atoms with Gasteiger partial charge in [0.05, 0.1) is 0 Å². The zero-order valence-electron chi connectivity index (χ0n) is 12.9. The maximum atomic E-state index is 11.2. The highest BCUT2D eigenvalue weighted by molar-refractivity contribution is 5.73. The molecule has 112 valence electrons. The van der Waals surface area contributed by atoms with Crippen molar-refractivity contribution in [2.75, 3.05) is 6.61 Å². The van der Waals surface area contributed by atoms with Crippen LogP contribution in [0.3, 0.4) is 0 Å². The van der Waals surface area contributed by atoms with Gasteiger partial charge in [-0.1, -0.05) is 52.8 Å². The summed E-state index contributed by atoms with van der Waals surface area (Å²) in [7, 11) is 0. The van der Waals surface area contributed by atoms with E-state index in [1.807, 2.05) is 38.1 Å². The molecule has 0 aromatic heterocycles. The van der Waals surface area contributed by atoms with E-state index in [-0.39, 0.29) is 18.1 Å². The van der Waals surface area contributed by atoms with Gasteiger partial charge in [0.15, 0.2) is 0 Å². The van der Waals surface area contributed by atoms with Gasteiger partial charge in [0.25, 0.3) is 0 Å². The molecule has 1 atom stereocenters. The predicted molar refractivity (Wildman–Crippen MR) is 80.3 cm³/mol. The summed E-state index contributed by atoms with van der Waals surface area (Å²) in [6, 6.07) is 7.15. The van der Waals surface area contributed by atoms with Gasteiger partial charge in [-0.2, -0.15) is 0 Å². The number of hydrogen-bond acceptors (Lipinski definition) is 3. The van der Waals surface area contributed by atoms with Crippen LogP contribution in [-0.2, 0) is 10.2 Å². The minimum atomic E-state index is -0.896. The Balaban J connectivity index is 2.81. The average Bonchev–Trinajstić information content (AvgIpc) is 2.33. The number of ether oxygens (including phenoxy) is 1. The summed E-state index contributed by atoms with van der Waals surface area (Å²) in [5.74, 6) is -0.149. The minimum Gasteiger partial charge on any atom is -0.491 e. The largest absolute Gasteiger partial charge is 0.491 e. The number of hydrogen-bond donors (Lipinski definition) is 2. The molecular weight excluding hydrogens is 254 g/mol. The smallest absolute Gasteiger partial charge is 0.324 e. The monoisotopic (exact) mass is 279 g/mol. The predicted octanol–water partition coefficient (Wildman–Crippen LogP) is 2.81. The molecule has 0 aliphatic carbocycles. The van der Waals surface area contributed by atoms with Crippen LogP contribution in [0.1, 0.15) is 40.2 Å². The third kappa shape index (κ3) is 4.85.